The number of halogens is 1. The van der Waals surface area contributed by atoms with E-state index in [1.165, 1.54) is 12.1 Å². The molecule has 0 bridgehead atoms. The highest BCUT2D eigenvalue weighted by Gasteiger charge is 2.26. The highest BCUT2D eigenvalue weighted by Crippen LogP contribution is 2.23. The second kappa shape index (κ2) is 6.68. The highest BCUT2D eigenvalue weighted by molar-refractivity contribution is 7.13. The van der Waals surface area contributed by atoms with Gasteiger partial charge in [0, 0.05) is 36.9 Å². The quantitative estimate of drug-likeness (QED) is 0.754. The van der Waals surface area contributed by atoms with Crippen LogP contribution in [-0.4, -0.2) is 35.0 Å². The number of anilines is 1. The molecule has 1 aromatic carbocycles. The molecule has 5 nitrogen and oxygen atoms in total. The minimum atomic E-state index is -0.275. The minimum Gasteiger partial charge on any atom is -0.357 e. The van der Waals surface area contributed by atoms with Gasteiger partial charge in [-0.25, -0.2) is 9.37 Å². The molecular weight excluding hydrogens is 339 g/mol. The number of carbonyl (C=O) groups is 1. The van der Waals surface area contributed by atoms with Crippen molar-refractivity contribution in [2.75, 3.05) is 18.0 Å². The van der Waals surface area contributed by atoms with E-state index in [0.717, 1.165) is 35.8 Å². The van der Waals surface area contributed by atoms with Gasteiger partial charge in [-0.05, 0) is 35.7 Å². The molecule has 3 aromatic rings. The average molecular weight is 356 g/mol. The number of nitrogens with one attached hydrogen (secondary N) is 2. The van der Waals surface area contributed by atoms with Crippen LogP contribution in [0.4, 0.5) is 9.52 Å². The van der Waals surface area contributed by atoms with Crippen molar-refractivity contribution in [3.8, 4) is 11.1 Å². The van der Waals surface area contributed by atoms with Gasteiger partial charge in [0.1, 0.15) is 11.5 Å². The summed E-state index contributed by atoms with van der Waals surface area (Å²) in [5, 5.41) is 6.02. The summed E-state index contributed by atoms with van der Waals surface area (Å²) in [6.07, 6.45) is 4.46. The predicted octanol–water partition coefficient (Wildman–Crippen LogP) is 3.29. The molecule has 4 rings (SSSR count). The first-order chi connectivity index (χ1) is 12.2. The van der Waals surface area contributed by atoms with Crippen LogP contribution in [0.25, 0.3) is 11.1 Å². The van der Waals surface area contributed by atoms with Gasteiger partial charge in [0.25, 0.3) is 5.91 Å². The first-order valence-electron chi connectivity index (χ1n) is 8.09. The number of rotatable bonds is 4. The van der Waals surface area contributed by atoms with Gasteiger partial charge >= 0.3 is 0 Å². The van der Waals surface area contributed by atoms with Crippen molar-refractivity contribution in [1.82, 2.24) is 15.3 Å². The van der Waals surface area contributed by atoms with E-state index in [2.05, 4.69) is 20.2 Å². The Hall–Kier alpha value is -2.67. The van der Waals surface area contributed by atoms with E-state index >= 15 is 0 Å². The van der Waals surface area contributed by atoms with Crippen molar-refractivity contribution in [2.24, 2.45) is 0 Å². The number of carbonyl (C=O) groups excluding carboxylic acids is 1. The number of benzene rings is 1. The predicted molar refractivity (Wildman–Crippen MR) is 96.4 cm³/mol. The molecule has 2 aromatic heterocycles. The molecule has 1 fully saturated rings. The lowest BCUT2D eigenvalue weighted by atomic mass is 10.1. The van der Waals surface area contributed by atoms with Crippen LogP contribution < -0.4 is 10.2 Å². The van der Waals surface area contributed by atoms with E-state index in [9.17, 15) is 9.18 Å². The number of aromatic nitrogens is 2. The zero-order chi connectivity index (χ0) is 17.2. The Labute approximate surface area is 148 Å². The maximum absolute atomic E-state index is 13.0. The maximum Gasteiger partial charge on any atom is 0.267 e. The second-order valence-corrected chi connectivity index (χ2v) is 6.90. The van der Waals surface area contributed by atoms with E-state index in [0.29, 0.717) is 5.69 Å². The third-order valence-corrected chi connectivity index (χ3v) is 5.15. The highest BCUT2D eigenvalue weighted by atomic mass is 32.1. The third-order valence-electron chi connectivity index (χ3n) is 4.32. The summed E-state index contributed by atoms with van der Waals surface area (Å²) in [6.45, 7) is 1.66. The van der Waals surface area contributed by atoms with Gasteiger partial charge in [0.2, 0.25) is 0 Å². The summed E-state index contributed by atoms with van der Waals surface area (Å²) in [5.41, 5.74) is 2.24. The average Bonchev–Trinajstić information content (AvgIpc) is 3.36. The van der Waals surface area contributed by atoms with Crippen LogP contribution in [0.15, 0.2) is 48.1 Å². The molecule has 1 aliphatic heterocycles. The molecule has 1 amide bonds. The molecule has 0 spiro atoms. The van der Waals surface area contributed by atoms with Gasteiger partial charge in [-0.3, -0.25) is 4.79 Å². The van der Waals surface area contributed by atoms with Crippen molar-refractivity contribution in [2.45, 2.75) is 12.5 Å². The van der Waals surface area contributed by atoms with Gasteiger partial charge in [-0.1, -0.05) is 12.1 Å². The zero-order valence-corrected chi connectivity index (χ0v) is 14.2. The Balaban J connectivity index is 1.40. The van der Waals surface area contributed by atoms with Crippen LogP contribution in [-0.2, 0) is 0 Å². The normalized spacial score (nSPS) is 17.0. The first kappa shape index (κ1) is 15.8. The molecule has 1 atom stereocenters. The standard InChI is InChI=1S/C18H17FN4OS/c19-14-3-1-12(2-4-14)13-9-16(21-10-13)17(24)22-15-5-7-23(11-15)18-20-6-8-25-18/h1-4,6,8-10,15,21H,5,7,11H2,(H,22,24)/t15-/m0/s1. The fourth-order valence-electron chi connectivity index (χ4n) is 3.02. The molecule has 2 N–H and O–H groups in total. The van der Waals surface area contributed by atoms with Gasteiger partial charge in [-0.2, -0.15) is 0 Å². The van der Waals surface area contributed by atoms with Gasteiger partial charge < -0.3 is 15.2 Å². The number of thiazole rings is 1. The summed E-state index contributed by atoms with van der Waals surface area (Å²) in [7, 11) is 0. The zero-order valence-electron chi connectivity index (χ0n) is 13.4. The number of amides is 1. The molecule has 7 heteroatoms. The monoisotopic (exact) mass is 356 g/mol. The summed E-state index contributed by atoms with van der Waals surface area (Å²) in [6, 6.07) is 8.11. The molecule has 0 saturated carbocycles. The minimum absolute atomic E-state index is 0.106. The maximum atomic E-state index is 13.0. The fourth-order valence-corrected chi connectivity index (χ4v) is 3.70. The molecule has 0 unspecified atom stereocenters. The van der Waals surface area contributed by atoms with E-state index in [4.69, 9.17) is 0 Å². The lowest BCUT2D eigenvalue weighted by Crippen LogP contribution is -2.37. The first-order valence-corrected chi connectivity index (χ1v) is 8.97. The third kappa shape index (κ3) is 3.41. The van der Waals surface area contributed by atoms with Crippen molar-refractivity contribution < 1.29 is 9.18 Å². The largest absolute Gasteiger partial charge is 0.357 e. The number of hydrogen-bond donors (Lipinski definition) is 2. The summed E-state index contributed by atoms with van der Waals surface area (Å²) >= 11 is 1.61. The molecule has 3 heterocycles. The van der Waals surface area contributed by atoms with Crippen molar-refractivity contribution >= 4 is 22.4 Å². The van der Waals surface area contributed by atoms with E-state index in [1.807, 2.05) is 5.38 Å². The SMILES string of the molecule is O=C(N[C@H]1CCN(c2nccs2)C1)c1cc(-c2ccc(F)cc2)c[nH]1. The lowest BCUT2D eigenvalue weighted by molar-refractivity contribution is 0.0936. The van der Waals surface area contributed by atoms with Crippen molar-refractivity contribution in [3.05, 3.63) is 59.6 Å². The Bertz CT molecular complexity index is 860. The number of hydrogen-bond acceptors (Lipinski definition) is 4. The Morgan fingerprint density at radius 1 is 1.32 bits per heavy atom. The lowest BCUT2D eigenvalue weighted by Gasteiger charge is -2.15. The Morgan fingerprint density at radius 3 is 2.92 bits per heavy atom. The molecule has 0 radical (unpaired) electrons. The number of aromatic amines is 1. The number of nitrogens with zero attached hydrogens (tertiary/aromatic N) is 2. The van der Waals surface area contributed by atoms with E-state index < -0.39 is 0 Å². The van der Waals surface area contributed by atoms with Gasteiger partial charge in [0.15, 0.2) is 5.13 Å². The Kier molecular flexibility index (Phi) is 4.23. The molecule has 1 aliphatic rings. The second-order valence-electron chi connectivity index (χ2n) is 6.03. The molecule has 0 aliphatic carbocycles. The molecule has 1 saturated heterocycles. The topological polar surface area (TPSA) is 61.0 Å². The van der Waals surface area contributed by atoms with Crippen LogP contribution in [0.1, 0.15) is 16.9 Å². The van der Waals surface area contributed by atoms with Crippen LogP contribution in [0.2, 0.25) is 0 Å². The van der Waals surface area contributed by atoms with Crippen LogP contribution in [0, 0.1) is 5.82 Å². The molecule has 25 heavy (non-hydrogen) atoms. The Morgan fingerprint density at radius 2 is 2.16 bits per heavy atom. The molecular formula is C18H17FN4OS. The van der Waals surface area contributed by atoms with Gasteiger partial charge in [0.05, 0.1) is 0 Å². The fraction of sp³-hybridized carbons (Fsp3) is 0.222. The van der Waals surface area contributed by atoms with Gasteiger partial charge in [-0.15, -0.1) is 11.3 Å². The summed E-state index contributed by atoms with van der Waals surface area (Å²) < 4.78 is 13.0. The number of H-pyrrole nitrogens is 1. The van der Waals surface area contributed by atoms with Crippen molar-refractivity contribution in [1.29, 1.82) is 0 Å². The van der Waals surface area contributed by atoms with Crippen LogP contribution >= 0.6 is 11.3 Å². The van der Waals surface area contributed by atoms with Crippen molar-refractivity contribution in [3.63, 3.8) is 0 Å². The summed E-state index contributed by atoms with van der Waals surface area (Å²) in [5.74, 6) is -0.400. The van der Waals surface area contributed by atoms with Crippen LogP contribution in [0.5, 0.6) is 0 Å². The molecule has 128 valence electrons. The smallest absolute Gasteiger partial charge is 0.267 e. The van der Waals surface area contributed by atoms with E-state index in [1.54, 1.807) is 41.9 Å². The van der Waals surface area contributed by atoms with Crippen LogP contribution in [0.3, 0.4) is 0 Å². The van der Waals surface area contributed by atoms with E-state index in [-0.39, 0.29) is 17.8 Å². The summed E-state index contributed by atoms with van der Waals surface area (Å²) in [4.78, 5) is 22.0.